The van der Waals surface area contributed by atoms with Gasteiger partial charge in [-0.05, 0) is 54.5 Å². The highest BCUT2D eigenvalue weighted by Crippen LogP contribution is 2.40. The lowest BCUT2D eigenvalue weighted by atomic mass is 9.75. The lowest BCUT2D eigenvalue weighted by Crippen LogP contribution is -2.43. The van der Waals surface area contributed by atoms with E-state index in [9.17, 15) is 4.79 Å². The highest BCUT2D eigenvalue weighted by Gasteiger charge is 2.37. The van der Waals surface area contributed by atoms with Crippen LogP contribution in [0.25, 0.3) is 0 Å². The Balaban J connectivity index is 1.72. The van der Waals surface area contributed by atoms with Gasteiger partial charge >= 0.3 is 0 Å². The maximum absolute atomic E-state index is 12.4. The van der Waals surface area contributed by atoms with Crippen molar-refractivity contribution < 1.29 is 9.53 Å². The van der Waals surface area contributed by atoms with Crippen LogP contribution in [0.2, 0.25) is 0 Å². The number of carbonyl (C=O) groups is 1. The molecule has 4 rings (SSSR count). The van der Waals surface area contributed by atoms with Crippen LogP contribution >= 0.6 is 0 Å². The summed E-state index contributed by atoms with van der Waals surface area (Å²) in [5.41, 5.74) is 4.10. The van der Waals surface area contributed by atoms with Crippen molar-refractivity contribution in [2.75, 3.05) is 13.7 Å². The third-order valence-corrected chi connectivity index (χ3v) is 5.74. The Morgan fingerprint density at radius 3 is 2.68 bits per heavy atom. The van der Waals surface area contributed by atoms with Crippen molar-refractivity contribution in [1.29, 1.82) is 0 Å². The van der Waals surface area contributed by atoms with E-state index in [2.05, 4.69) is 53.4 Å². The normalized spacial score (nSPS) is 22.8. The maximum atomic E-state index is 12.4. The molecule has 1 amide bonds. The van der Waals surface area contributed by atoms with Crippen molar-refractivity contribution in [1.82, 2.24) is 4.90 Å². The fourth-order valence-corrected chi connectivity index (χ4v) is 4.49. The predicted octanol–water partition coefficient (Wildman–Crippen LogP) is 3.96. The van der Waals surface area contributed by atoms with E-state index in [1.807, 2.05) is 0 Å². The standard InChI is InChI=1S/C22H25NO2/c1-25-18-11-9-17-10-12-21(23-13-5-8-22(23)24)20(19(17)15-18)14-16-6-3-2-4-7-16/h2-4,6-7,9,11,15,20-21H,5,8,10,12-14H2,1H3/t20-,21+/m1/s1. The summed E-state index contributed by atoms with van der Waals surface area (Å²) in [6, 6.07) is 17.4. The number of hydrogen-bond acceptors (Lipinski definition) is 2. The first-order valence-electron chi connectivity index (χ1n) is 9.26. The van der Waals surface area contributed by atoms with Crippen molar-refractivity contribution in [3.05, 3.63) is 65.2 Å². The summed E-state index contributed by atoms with van der Waals surface area (Å²) in [6.07, 6.45) is 4.77. The van der Waals surface area contributed by atoms with Gasteiger partial charge in [-0.25, -0.2) is 0 Å². The molecule has 1 heterocycles. The van der Waals surface area contributed by atoms with Crippen LogP contribution in [0.15, 0.2) is 48.5 Å². The van der Waals surface area contributed by atoms with E-state index in [0.29, 0.717) is 24.3 Å². The van der Waals surface area contributed by atoms with Gasteiger partial charge in [-0.3, -0.25) is 4.79 Å². The van der Waals surface area contributed by atoms with Crippen LogP contribution < -0.4 is 4.74 Å². The Kier molecular flexibility index (Phi) is 4.48. The Bertz CT molecular complexity index is 756. The zero-order chi connectivity index (χ0) is 17.2. The number of fused-ring (bicyclic) bond motifs is 1. The minimum absolute atomic E-state index is 0.301. The van der Waals surface area contributed by atoms with Gasteiger partial charge in [-0.15, -0.1) is 0 Å². The first-order valence-corrected chi connectivity index (χ1v) is 9.26. The first-order chi connectivity index (χ1) is 12.3. The van der Waals surface area contributed by atoms with E-state index >= 15 is 0 Å². The zero-order valence-electron chi connectivity index (χ0n) is 14.8. The van der Waals surface area contributed by atoms with Crippen molar-refractivity contribution >= 4 is 5.91 Å². The van der Waals surface area contributed by atoms with Crippen LogP contribution in [0.5, 0.6) is 5.75 Å². The number of ether oxygens (including phenoxy) is 1. The predicted molar refractivity (Wildman–Crippen MR) is 98.9 cm³/mol. The summed E-state index contributed by atoms with van der Waals surface area (Å²) in [6.45, 7) is 0.911. The van der Waals surface area contributed by atoms with Crippen LogP contribution in [-0.4, -0.2) is 30.5 Å². The third-order valence-electron chi connectivity index (χ3n) is 5.74. The fourth-order valence-electron chi connectivity index (χ4n) is 4.49. The van der Waals surface area contributed by atoms with Crippen molar-refractivity contribution in [2.24, 2.45) is 0 Å². The molecule has 0 aromatic heterocycles. The molecular formula is C22H25NO2. The minimum atomic E-state index is 0.301. The number of amides is 1. The summed E-state index contributed by atoms with van der Waals surface area (Å²) in [5.74, 6) is 1.57. The number of nitrogens with zero attached hydrogens (tertiary/aromatic N) is 1. The van der Waals surface area contributed by atoms with Crippen molar-refractivity contribution in [2.45, 2.75) is 44.1 Å². The topological polar surface area (TPSA) is 29.5 Å². The van der Waals surface area contributed by atoms with E-state index in [0.717, 1.165) is 38.0 Å². The molecule has 1 aliphatic heterocycles. The molecule has 1 fully saturated rings. The van der Waals surface area contributed by atoms with Gasteiger partial charge in [-0.2, -0.15) is 0 Å². The van der Waals surface area contributed by atoms with Gasteiger partial charge in [0.2, 0.25) is 5.91 Å². The molecule has 2 aromatic carbocycles. The van der Waals surface area contributed by atoms with Crippen LogP contribution in [-0.2, 0) is 17.6 Å². The molecule has 0 unspecified atom stereocenters. The molecule has 0 bridgehead atoms. The summed E-state index contributed by atoms with van der Waals surface area (Å²) in [4.78, 5) is 14.6. The Labute approximate surface area is 149 Å². The molecule has 0 radical (unpaired) electrons. The molecule has 3 nitrogen and oxygen atoms in total. The SMILES string of the molecule is COc1ccc2c(c1)[C@@H](Cc1ccccc1)[C@@H](N1CCCC1=O)CC2. The van der Waals surface area contributed by atoms with Gasteiger partial charge < -0.3 is 9.64 Å². The first kappa shape index (κ1) is 16.2. The van der Waals surface area contributed by atoms with Gasteiger partial charge in [0.15, 0.2) is 0 Å². The van der Waals surface area contributed by atoms with E-state index in [4.69, 9.17) is 4.74 Å². The third kappa shape index (κ3) is 3.15. The minimum Gasteiger partial charge on any atom is -0.497 e. The zero-order valence-corrected chi connectivity index (χ0v) is 14.8. The quantitative estimate of drug-likeness (QED) is 0.846. The second-order valence-corrected chi connectivity index (χ2v) is 7.16. The smallest absolute Gasteiger partial charge is 0.222 e. The van der Waals surface area contributed by atoms with Gasteiger partial charge in [0.05, 0.1) is 7.11 Å². The average Bonchev–Trinajstić information content (AvgIpc) is 3.08. The van der Waals surface area contributed by atoms with Gasteiger partial charge in [-0.1, -0.05) is 36.4 Å². The number of carbonyl (C=O) groups excluding carboxylic acids is 1. The average molecular weight is 335 g/mol. The summed E-state index contributed by atoms with van der Waals surface area (Å²) >= 11 is 0. The van der Waals surface area contributed by atoms with Crippen LogP contribution in [0, 0.1) is 0 Å². The van der Waals surface area contributed by atoms with Crippen LogP contribution in [0.3, 0.4) is 0 Å². The number of benzene rings is 2. The number of methoxy groups -OCH3 is 1. The molecular weight excluding hydrogens is 310 g/mol. The molecule has 130 valence electrons. The number of aryl methyl sites for hydroxylation is 1. The Hall–Kier alpha value is -2.29. The maximum Gasteiger partial charge on any atom is 0.222 e. The molecule has 2 aromatic rings. The van der Waals surface area contributed by atoms with Gasteiger partial charge in [0.1, 0.15) is 5.75 Å². The van der Waals surface area contributed by atoms with Crippen LogP contribution in [0.4, 0.5) is 0 Å². The van der Waals surface area contributed by atoms with E-state index in [1.54, 1.807) is 7.11 Å². The second kappa shape index (κ2) is 6.91. The molecule has 25 heavy (non-hydrogen) atoms. The highest BCUT2D eigenvalue weighted by atomic mass is 16.5. The Morgan fingerprint density at radius 1 is 1.12 bits per heavy atom. The van der Waals surface area contributed by atoms with E-state index in [1.165, 1.54) is 16.7 Å². The summed E-state index contributed by atoms with van der Waals surface area (Å²) < 4.78 is 5.48. The van der Waals surface area contributed by atoms with Gasteiger partial charge in [0.25, 0.3) is 0 Å². The molecule has 1 aliphatic carbocycles. The molecule has 2 atom stereocenters. The highest BCUT2D eigenvalue weighted by molar-refractivity contribution is 5.78. The monoisotopic (exact) mass is 335 g/mol. The molecule has 3 heteroatoms. The number of likely N-dealkylation sites (tertiary alicyclic amines) is 1. The number of hydrogen-bond donors (Lipinski definition) is 0. The van der Waals surface area contributed by atoms with E-state index < -0.39 is 0 Å². The molecule has 1 saturated heterocycles. The lowest BCUT2D eigenvalue weighted by molar-refractivity contribution is -0.130. The fraction of sp³-hybridized carbons (Fsp3) is 0.409. The summed E-state index contributed by atoms with van der Waals surface area (Å²) in [5, 5.41) is 0. The van der Waals surface area contributed by atoms with E-state index in [-0.39, 0.29) is 0 Å². The lowest BCUT2D eigenvalue weighted by Gasteiger charge is -2.39. The largest absolute Gasteiger partial charge is 0.497 e. The second-order valence-electron chi connectivity index (χ2n) is 7.16. The molecule has 0 N–H and O–H groups in total. The van der Waals surface area contributed by atoms with Crippen molar-refractivity contribution in [3.8, 4) is 5.75 Å². The van der Waals surface area contributed by atoms with Gasteiger partial charge in [0, 0.05) is 24.9 Å². The van der Waals surface area contributed by atoms with Crippen LogP contribution in [0.1, 0.15) is 41.9 Å². The van der Waals surface area contributed by atoms with Crippen molar-refractivity contribution in [3.63, 3.8) is 0 Å². The molecule has 0 spiro atoms. The summed E-state index contributed by atoms with van der Waals surface area (Å²) in [7, 11) is 1.72. The number of rotatable bonds is 4. The molecule has 2 aliphatic rings. The Morgan fingerprint density at radius 2 is 1.96 bits per heavy atom. The molecule has 0 saturated carbocycles.